The van der Waals surface area contributed by atoms with Crippen LogP contribution in [-0.4, -0.2) is 0 Å². The summed E-state index contributed by atoms with van der Waals surface area (Å²) in [5.41, 5.74) is 0.692. The van der Waals surface area contributed by atoms with Crippen LogP contribution in [0.15, 0.2) is 0 Å². The van der Waals surface area contributed by atoms with E-state index in [1.165, 1.54) is 83.5 Å². The van der Waals surface area contributed by atoms with Gasteiger partial charge in [0, 0.05) is 0 Å². The van der Waals surface area contributed by atoms with Gasteiger partial charge in [0.1, 0.15) is 0 Å². The van der Waals surface area contributed by atoms with Crippen LogP contribution in [0.25, 0.3) is 0 Å². The Kier molecular flexibility index (Phi) is 7.74. The molecule has 25 heavy (non-hydrogen) atoms. The van der Waals surface area contributed by atoms with E-state index in [2.05, 4.69) is 13.8 Å². The van der Waals surface area contributed by atoms with E-state index in [1.807, 2.05) is 0 Å². The Balaban J connectivity index is 1.68. The molecule has 0 aromatic rings. The van der Waals surface area contributed by atoms with E-state index >= 15 is 0 Å². The van der Waals surface area contributed by atoms with Crippen molar-refractivity contribution in [3.05, 3.63) is 0 Å². The van der Waals surface area contributed by atoms with Gasteiger partial charge in [0.2, 0.25) is 0 Å². The Labute approximate surface area is 158 Å². The third-order valence-electron chi connectivity index (χ3n) is 8.72. The molecule has 4 unspecified atom stereocenters. The highest BCUT2D eigenvalue weighted by Crippen LogP contribution is 2.48. The van der Waals surface area contributed by atoms with Crippen LogP contribution >= 0.6 is 0 Å². The summed E-state index contributed by atoms with van der Waals surface area (Å²) in [6.07, 6.45) is 27.5. The highest BCUT2D eigenvalue weighted by atomic mass is 14.4. The average Bonchev–Trinajstić information content (AvgIpc) is 2.80. The van der Waals surface area contributed by atoms with E-state index in [0.717, 1.165) is 23.7 Å². The molecule has 0 heterocycles. The quantitative estimate of drug-likeness (QED) is 0.446. The highest BCUT2D eigenvalue weighted by molar-refractivity contribution is 4.88. The summed E-state index contributed by atoms with van der Waals surface area (Å²) >= 11 is 0. The van der Waals surface area contributed by atoms with Gasteiger partial charge in [-0.3, -0.25) is 0 Å². The first-order valence-corrected chi connectivity index (χ1v) is 12.2. The molecule has 2 bridgehead atoms. The molecule has 0 aromatic carbocycles. The number of fused-ring (bicyclic) bond motifs is 3. The Morgan fingerprint density at radius 2 is 1.04 bits per heavy atom. The van der Waals surface area contributed by atoms with Gasteiger partial charge in [0.05, 0.1) is 0 Å². The van der Waals surface area contributed by atoms with Gasteiger partial charge in [-0.2, -0.15) is 0 Å². The minimum atomic E-state index is 0.692. The molecule has 146 valence electrons. The van der Waals surface area contributed by atoms with Crippen LogP contribution in [0.3, 0.4) is 0 Å². The monoisotopic (exact) mass is 346 g/mol. The van der Waals surface area contributed by atoms with Crippen molar-refractivity contribution >= 4 is 0 Å². The third-order valence-corrected chi connectivity index (χ3v) is 8.72. The summed E-state index contributed by atoms with van der Waals surface area (Å²) in [7, 11) is 0. The zero-order valence-corrected chi connectivity index (χ0v) is 17.5. The van der Waals surface area contributed by atoms with Crippen molar-refractivity contribution in [2.24, 2.45) is 29.1 Å². The van der Waals surface area contributed by atoms with Gasteiger partial charge in [0.25, 0.3) is 0 Å². The standard InChI is InChI=1S/C25H46/c1-21-22-15-11-18-25(2,20-17-22)19-12-16-24(21)23-13-9-7-5-3-4-6-8-10-14-23/h21-24H,3-20H2,1-2H3. The normalized spacial score (nSPS) is 40.3. The van der Waals surface area contributed by atoms with Gasteiger partial charge in [0.15, 0.2) is 0 Å². The molecule has 0 aromatic heterocycles. The Morgan fingerprint density at radius 3 is 1.68 bits per heavy atom. The second kappa shape index (κ2) is 9.80. The SMILES string of the molecule is CC1C2CCCC(C)(CCCC1C1CCCCCCCCCC1)CC2. The van der Waals surface area contributed by atoms with Crippen molar-refractivity contribution in [2.45, 2.75) is 129 Å². The average molecular weight is 347 g/mol. The largest absolute Gasteiger partial charge is 0.0620 e. The van der Waals surface area contributed by atoms with E-state index in [-0.39, 0.29) is 0 Å². The summed E-state index contributed by atoms with van der Waals surface area (Å²) in [4.78, 5) is 0. The van der Waals surface area contributed by atoms with Gasteiger partial charge >= 0.3 is 0 Å². The predicted octanol–water partition coefficient (Wildman–Crippen LogP) is 8.54. The predicted molar refractivity (Wildman–Crippen MR) is 111 cm³/mol. The van der Waals surface area contributed by atoms with Crippen LogP contribution in [-0.2, 0) is 0 Å². The number of rotatable bonds is 1. The van der Waals surface area contributed by atoms with Crippen LogP contribution in [0, 0.1) is 29.1 Å². The Hall–Kier alpha value is 0. The fourth-order valence-corrected chi connectivity index (χ4v) is 6.86. The topological polar surface area (TPSA) is 0 Å². The van der Waals surface area contributed by atoms with Crippen LogP contribution in [0.4, 0.5) is 0 Å². The van der Waals surface area contributed by atoms with Crippen molar-refractivity contribution in [3.63, 3.8) is 0 Å². The molecule has 0 aliphatic heterocycles. The molecule has 0 N–H and O–H groups in total. The summed E-state index contributed by atoms with van der Waals surface area (Å²) in [5, 5.41) is 0. The second-order valence-corrected chi connectivity index (χ2v) is 10.6. The lowest BCUT2D eigenvalue weighted by Crippen LogP contribution is -2.28. The van der Waals surface area contributed by atoms with Crippen molar-refractivity contribution in [1.29, 1.82) is 0 Å². The lowest BCUT2D eigenvalue weighted by Gasteiger charge is -2.37. The maximum Gasteiger partial charge on any atom is -0.0326 e. The molecule has 0 radical (unpaired) electrons. The van der Waals surface area contributed by atoms with E-state index in [4.69, 9.17) is 0 Å². The fourth-order valence-electron chi connectivity index (χ4n) is 6.86. The summed E-state index contributed by atoms with van der Waals surface area (Å²) in [5.74, 6) is 4.14. The molecular formula is C25H46. The number of hydrogen-bond donors (Lipinski definition) is 0. The zero-order chi connectivity index (χ0) is 17.5. The van der Waals surface area contributed by atoms with Gasteiger partial charge in [-0.1, -0.05) is 97.3 Å². The molecule has 3 saturated carbocycles. The maximum atomic E-state index is 2.67. The minimum absolute atomic E-state index is 0.692. The van der Waals surface area contributed by atoms with E-state index in [1.54, 1.807) is 32.1 Å². The molecule has 0 spiro atoms. The first-order valence-electron chi connectivity index (χ1n) is 12.2. The lowest BCUT2D eigenvalue weighted by molar-refractivity contribution is 0.134. The van der Waals surface area contributed by atoms with Crippen LogP contribution in [0.1, 0.15) is 129 Å². The summed E-state index contributed by atoms with van der Waals surface area (Å²) in [6, 6.07) is 0. The van der Waals surface area contributed by atoms with Gasteiger partial charge in [-0.25, -0.2) is 0 Å². The van der Waals surface area contributed by atoms with Gasteiger partial charge in [-0.05, 0) is 61.2 Å². The fraction of sp³-hybridized carbons (Fsp3) is 1.00. The molecule has 0 heteroatoms. The molecule has 3 aliphatic rings. The number of hydrogen-bond acceptors (Lipinski definition) is 0. The Morgan fingerprint density at radius 1 is 0.520 bits per heavy atom. The van der Waals surface area contributed by atoms with E-state index in [0.29, 0.717) is 5.41 Å². The van der Waals surface area contributed by atoms with Crippen LogP contribution in [0.5, 0.6) is 0 Å². The van der Waals surface area contributed by atoms with Crippen molar-refractivity contribution in [2.75, 3.05) is 0 Å². The molecular weight excluding hydrogens is 300 g/mol. The third kappa shape index (κ3) is 5.74. The summed E-state index contributed by atoms with van der Waals surface area (Å²) < 4.78 is 0. The lowest BCUT2D eigenvalue weighted by atomic mass is 9.69. The smallest absolute Gasteiger partial charge is 0.0326 e. The van der Waals surface area contributed by atoms with Crippen molar-refractivity contribution < 1.29 is 0 Å². The molecule has 0 amide bonds. The van der Waals surface area contributed by atoms with E-state index in [9.17, 15) is 0 Å². The summed E-state index contributed by atoms with van der Waals surface area (Å²) in [6.45, 7) is 5.29. The molecule has 4 atom stereocenters. The van der Waals surface area contributed by atoms with E-state index < -0.39 is 0 Å². The molecule has 3 rings (SSSR count). The van der Waals surface area contributed by atoms with Gasteiger partial charge in [-0.15, -0.1) is 0 Å². The minimum Gasteiger partial charge on any atom is -0.0620 e. The molecule has 0 saturated heterocycles. The van der Waals surface area contributed by atoms with Crippen molar-refractivity contribution in [3.8, 4) is 0 Å². The molecule has 3 aliphatic carbocycles. The first-order chi connectivity index (χ1) is 12.2. The van der Waals surface area contributed by atoms with Crippen LogP contribution in [0.2, 0.25) is 0 Å². The first kappa shape index (κ1) is 19.8. The Bertz CT molecular complexity index is 360. The molecule has 0 nitrogen and oxygen atoms in total. The zero-order valence-electron chi connectivity index (χ0n) is 17.5. The van der Waals surface area contributed by atoms with Crippen molar-refractivity contribution in [1.82, 2.24) is 0 Å². The van der Waals surface area contributed by atoms with Crippen LogP contribution < -0.4 is 0 Å². The maximum absolute atomic E-state index is 2.67. The second-order valence-electron chi connectivity index (χ2n) is 10.6. The van der Waals surface area contributed by atoms with Gasteiger partial charge < -0.3 is 0 Å². The molecule has 3 fully saturated rings. The highest BCUT2D eigenvalue weighted by Gasteiger charge is 2.37.